The molecule has 0 atom stereocenters. The molecule has 4 fully saturated rings. The van der Waals surface area contributed by atoms with Crippen molar-refractivity contribution in [2.75, 3.05) is 0 Å². The van der Waals surface area contributed by atoms with Crippen LogP contribution in [0.3, 0.4) is 0 Å². The fourth-order valence-corrected chi connectivity index (χ4v) is 12.6. The number of fused-ring (bicyclic) bond motifs is 10. The Morgan fingerprint density at radius 2 is 0.902 bits per heavy atom. The molecule has 0 saturated heterocycles. The predicted molar refractivity (Wildman–Crippen MR) is 247 cm³/mol. The van der Waals surface area contributed by atoms with E-state index in [0.717, 1.165) is 101 Å². The second-order valence-corrected chi connectivity index (χ2v) is 18.2. The van der Waals surface area contributed by atoms with Crippen LogP contribution in [-0.2, 0) is 5.41 Å². The first-order chi connectivity index (χ1) is 30.2. The molecule has 0 N–H and O–H groups in total. The van der Waals surface area contributed by atoms with E-state index < -0.39 is 0 Å². The number of hydrogen-bond acceptors (Lipinski definition) is 4. The van der Waals surface area contributed by atoms with Crippen LogP contribution in [-0.4, -0.2) is 24.1 Å². The molecule has 4 aliphatic carbocycles. The van der Waals surface area contributed by atoms with Crippen molar-refractivity contribution in [1.82, 2.24) is 24.1 Å². The van der Waals surface area contributed by atoms with Crippen molar-refractivity contribution in [3.63, 3.8) is 0 Å². The highest BCUT2D eigenvalue weighted by Crippen LogP contribution is 2.60. The van der Waals surface area contributed by atoms with Crippen molar-refractivity contribution in [2.24, 2.45) is 17.8 Å². The number of aromatic nitrogens is 5. The molecule has 4 aliphatic rings. The largest absolute Gasteiger partial charge is 0.455 e. The van der Waals surface area contributed by atoms with Crippen LogP contribution in [0.25, 0.3) is 99.7 Å². The molecule has 7 aromatic carbocycles. The summed E-state index contributed by atoms with van der Waals surface area (Å²) < 4.78 is 11.5. The smallest absolute Gasteiger partial charge is 0.165 e. The van der Waals surface area contributed by atoms with Crippen LogP contribution in [0.15, 0.2) is 162 Å². The fourth-order valence-electron chi connectivity index (χ4n) is 12.6. The summed E-state index contributed by atoms with van der Waals surface area (Å²) in [5, 5.41) is 7.00. The van der Waals surface area contributed by atoms with Crippen LogP contribution in [0, 0.1) is 17.8 Å². The summed E-state index contributed by atoms with van der Waals surface area (Å²) in [6.07, 6.45) is 7.57. The predicted octanol–water partition coefficient (Wildman–Crippen LogP) is 13.8. The Bertz CT molecular complexity index is 3520. The van der Waals surface area contributed by atoms with Gasteiger partial charge in [0.05, 0.1) is 38.8 Å². The third kappa shape index (κ3) is 4.82. The van der Waals surface area contributed by atoms with Gasteiger partial charge in [-0.25, -0.2) is 15.0 Å². The molecule has 15 rings (SSSR count). The van der Waals surface area contributed by atoms with Gasteiger partial charge in [0.25, 0.3) is 0 Å². The number of hydrogen-bond donors (Lipinski definition) is 0. The monoisotopic (exact) mass is 787 g/mol. The molecule has 4 saturated carbocycles. The maximum atomic E-state index is 6.68. The zero-order valence-electron chi connectivity index (χ0n) is 33.6. The highest BCUT2D eigenvalue weighted by atomic mass is 16.3. The quantitative estimate of drug-likeness (QED) is 0.174. The Kier molecular flexibility index (Phi) is 6.91. The molecule has 11 aromatic rings. The van der Waals surface area contributed by atoms with Gasteiger partial charge in [-0.3, -0.25) is 0 Å². The van der Waals surface area contributed by atoms with E-state index in [0.29, 0.717) is 0 Å². The van der Waals surface area contributed by atoms with Crippen molar-refractivity contribution in [2.45, 2.75) is 43.9 Å². The summed E-state index contributed by atoms with van der Waals surface area (Å²) in [6.45, 7) is 0. The van der Waals surface area contributed by atoms with Crippen LogP contribution in [0.2, 0.25) is 0 Å². The molecular weight excluding hydrogens is 747 g/mol. The number of nitrogens with zero attached hydrogens (tertiary/aromatic N) is 5. The average molecular weight is 788 g/mol. The molecule has 0 unspecified atom stereocenters. The molecule has 6 nitrogen and oxygen atoms in total. The molecule has 0 spiro atoms. The van der Waals surface area contributed by atoms with E-state index in [1.165, 1.54) is 60.3 Å². The molecule has 0 aliphatic heterocycles. The average Bonchev–Trinajstić information content (AvgIpc) is 3.96. The van der Waals surface area contributed by atoms with E-state index in [1.54, 1.807) is 0 Å². The summed E-state index contributed by atoms with van der Waals surface area (Å²) in [6, 6.07) is 56.4. The number of benzene rings is 7. The van der Waals surface area contributed by atoms with Gasteiger partial charge in [-0.15, -0.1) is 0 Å². The van der Waals surface area contributed by atoms with Gasteiger partial charge >= 0.3 is 0 Å². The normalized spacial score (nSPS) is 21.0. The molecular formula is C55H41N5O. The van der Waals surface area contributed by atoms with Crippen molar-refractivity contribution in [3.8, 4) is 34.2 Å². The van der Waals surface area contributed by atoms with Crippen LogP contribution in [0.5, 0.6) is 0 Å². The van der Waals surface area contributed by atoms with E-state index in [4.69, 9.17) is 19.4 Å². The fraction of sp³-hybridized carbons (Fsp3) is 0.182. The summed E-state index contributed by atoms with van der Waals surface area (Å²) in [7, 11) is 0. The standard InChI is InChI=1S/C55H41N5O/c1-7-19-43-36(13-1)37-14-2-8-20-44(37)59(43)46-22-10-4-17-41(46)52-56-53(58-54(57-52)55-30-33-27-34(31-55)29-35(28-33)32-55)42-18-5-11-23-47(42)60-45-21-9-3-16-40(45)50-48(60)26-25-39-38-15-6-12-24-49(38)61-51(39)50/h1-26,33-35H,27-32H2. The van der Waals surface area contributed by atoms with Crippen molar-refractivity contribution in [3.05, 3.63) is 164 Å². The lowest BCUT2D eigenvalue weighted by Gasteiger charge is -2.56. The Morgan fingerprint density at radius 3 is 1.51 bits per heavy atom. The SMILES string of the molecule is c1ccc(-n2c3ccccc3c3ccccc32)c(-c2nc(-c3ccccc3-n3c4ccccc4c4c5oc6ccccc6c5ccc43)nc(C34CC5CC(CC(C5)C3)C4)n2)c1. The molecule has 6 heteroatoms. The minimum Gasteiger partial charge on any atom is -0.455 e. The van der Waals surface area contributed by atoms with Gasteiger partial charge in [0.2, 0.25) is 0 Å². The topological polar surface area (TPSA) is 61.7 Å². The number of para-hydroxylation sites is 6. The molecule has 292 valence electrons. The summed E-state index contributed by atoms with van der Waals surface area (Å²) in [5.41, 5.74) is 10.4. The van der Waals surface area contributed by atoms with Crippen molar-refractivity contribution in [1.29, 1.82) is 0 Å². The first-order valence-corrected chi connectivity index (χ1v) is 22.0. The first kappa shape index (κ1) is 33.7. The van der Waals surface area contributed by atoms with Gasteiger partial charge in [-0.05, 0) is 117 Å². The maximum Gasteiger partial charge on any atom is 0.165 e. The Balaban J connectivity index is 1.03. The van der Waals surface area contributed by atoms with Gasteiger partial charge in [-0.2, -0.15) is 0 Å². The third-order valence-corrected chi connectivity index (χ3v) is 14.7. The Hall–Kier alpha value is -7.05. The zero-order valence-corrected chi connectivity index (χ0v) is 33.6. The molecule has 4 aromatic heterocycles. The second kappa shape index (κ2) is 12.5. The van der Waals surface area contributed by atoms with Gasteiger partial charge in [0, 0.05) is 43.5 Å². The highest BCUT2D eigenvalue weighted by molar-refractivity contribution is 6.24. The lowest BCUT2D eigenvalue weighted by Crippen LogP contribution is -2.49. The van der Waals surface area contributed by atoms with Crippen molar-refractivity contribution >= 4 is 65.6 Å². The van der Waals surface area contributed by atoms with E-state index in [2.05, 4.69) is 161 Å². The first-order valence-electron chi connectivity index (χ1n) is 22.0. The number of furan rings is 1. The van der Waals surface area contributed by atoms with Gasteiger partial charge in [0.15, 0.2) is 11.6 Å². The van der Waals surface area contributed by atoms with Gasteiger partial charge < -0.3 is 13.6 Å². The van der Waals surface area contributed by atoms with Crippen molar-refractivity contribution < 1.29 is 4.42 Å². The zero-order chi connectivity index (χ0) is 39.8. The van der Waals surface area contributed by atoms with E-state index >= 15 is 0 Å². The minimum absolute atomic E-state index is 0.0440. The van der Waals surface area contributed by atoms with E-state index in [-0.39, 0.29) is 5.41 Å². The van der Waals surface area contributed by atoms with Gasteiger partial charge in [0.1, 0.15) is 17.0 Å². The second-order valence-electron chi connectivity index (χ2n) is 18.2. The molecule has 61 heavy (non-hydrogen) atoms. The van der Waals surface area contributed by atoms with Crippen LogP contribution in [0.4, 0.5) is 0 Å². The lowest BCUT2D eigenvalue weighted by molar-refractivity contribution is -0.00938. The van der Waals surface area contributed by atoms with Crippen LogP contribution in [0.1, 0.15) is 44.3 Å². The molecule has 4 bridgehead atoms. The maximum absolute atomic E-state index is 6.68. The van der Waals surface area contributed by atoms with Crippen LogP contribution >= 0.6 is 0 Å². The Labute approximate surface area is 352 Å². The molecule has 4 heterocycles. The van der Waals surface area contributed by atoms with E-state index in [1.807, 2.05) is 6.07 Å². The van der Waals surface area contributed by atoms with E-state index in [9.17, 15) is 0 Å². The summed E-state index contributed by atoms with van der Waals surface area (Å²) in [4.78, 5) is 16.9. The third-order valence-electron chi connectivity index (χ3n) is 14.7. The summed E-state index contributed by atoms with van der Waals surface area (Å²) >= 11 is 0. The van der Waals surface area contributed by atoms with Gasteiger partial charge in [-0.1, -0.05) is 97.1 Å². The Morgan fingerprint density at radius 1 is 0.426 bits per heavy atom. The molecule has 0 amide bonds. The highest BCUT2D eigenvalue weighted by Gasteiger charge is 2.53. The minimum atomic E-state index is -0.0440. The summed E-state index contributed by atoms with van der Waals surface area (Å²) in [5.74, 6) is 4.68. The number of rotatable bonds is 5. The molecule has 0 radical (unpaired) electrons. The van der Waals surface area contributed by atoms with Crippen LogP contribution < -0.4 is 0 Å². The lowest BCUT2D eigenvalue weighted by atomic mass is 9.49.